The van der Waals surface area contributed by atoms with Crippen molar-refractivity contribution in [1.29, 1.82) is 0 Å². The lowest BCUT2D eigenvalue weighted by Gasteiger charge is -2.10. The fourth-order valence-electron chi connectivity index (χ4n) is 1.92. The molecule has 1 atom stereocenters. The Labute approximate surface area is 128 Å². The summed E-state index contributed by atoms with van der Waals surface area (Å²) in [4.78, 5) is 12.0. The number of azo groups is 1. The van der Waals surface area contributed by atoms with Gasteiger partial charge in [-0.1, -0.05) is 5.16 Å². The summed E-state index contributed by atoms with van der Waals surface area (Å²) in [5.41, 5.74) is 0.126. The van der Waals surface area contributed by atoms with Crippen molar-refractivity contribution in [3.63, 3.8) is 0 Å². The molecule has 3 heterocycles. The van der Waals surface area contributed by atoms with Gasteiger partial charge in [0, 0.05) is 24.1 Å². The molecule has 2 N–H and O–H groups in total. The number of hydrogen-bond acceptors (Lipinski definition) is 8. The molecule has 2 aromatic heterocycles. The van der Waals surface area contributed by atoms with E-state index >= 15 is 0 Å². The van der Waals surface area contributed by atoms with Crippen molar-refractivity contribution in [1.82, 2.24) is 9.72 Å². The lowest BCUT2D eigenvalue weighted by Crippen LogP contribution is -2.20. The van der Waals surface area contributed by atoms with Crippen molar-refractivity contribution < 1.29 is 19.5 Å². The Morgan fingerprint density at radius 3 is 2.77 bits per heavy atom. The standard InChI is InChI=1S/C12H11ClN4O5/c13-1-2-17-9(18)3-6(7-5-21-7)11(12(17)20)15-14-8-4-10(19)22-16-8/h3-4,7,19-20H,1-2,5H2. The average Bonchev–Trinajstić information content (AvgIpc) is 3.25. The third-order valence-electron chi connectivity index (χ3n) is 3.01. The Kier molecular flexibility index (Phi) is 3.82. The molecule has 22 heavy (non-hydrogen) atoms. The van der Waals surface area contributed by atoms with Crippen LogP contribution < -0.4 is 5.56 Å². The normalized spacial score (nSPS) is 17.2. The molecule has 0 saturated carbocycles. The molecule has 2 aromatic rings. The number of alkyl halides is 1. The highest BCUT2D eigenvalue weighted by Crippen LogP contribution is 2.40. The second-order valence-corrected chi connectivity index (χ2v) is 4.87. The first-order chi connectivity index (χ1) is 10.6. The monoisotopic (exact) mass is 326 g/mol. The van der Waals surface area contributed by atoms with E-state index < -0.39 is 11.5 Å². The third kappa shape index (κ3) is 2.81. The van der Waals surface area contributed by atoms with E-state index in [0.717, 1.165) is 10.6 Å². The summed E-state index contributed by atoms with van der Waals surface area (Å²) in [7, 11) is 0. The highest BCUT2D eigenvalue weighted by atomic mass is 35.5. The molecule has 1 aliphatic heterocycles. The lowest BCUT2D eigenvalue weighted by molar-refractivity contribution is 0.278. The van der Waals surface area contributed by atoms with E-state index in [4.69, 9.17) is 21.4 Å². The van der Waals surface area contributed by atoms with Gasteiger partial charge in [-0.3, -0.25) is 9.36 Å². The summed E-state index contributed by atoms with van der Waals surface area (Å²) in [6, 6.07) is 2.49. The molecule has 3 rings (SSSR count). The van der Waals surface area contributed by atoms with Crippen LogP contribution in [0.3, 0.4) is 0 Å². The van der Waals surface area contributed by atoms with Gasteiger partial charge in [-0.25, -0.2) is 0 Å². The van der Waals surface area contributed by atoms with Crippen molar-refractivity contribution in [3.05, 3.63) is 28.0 Å². The van der Waals surface area contributed by atoms with Crippen LogP contribution in [0.5, 0.6) is 11.8 Å². The molecule has 1 unspecified atom stereocenters. The molecule has 0 radical (unpaired) electrons. The molecule has 0 amide bonds. The van der Waals surface area contributed by atoms with Gasteiger partial charge in [0.25, 0.3) is 5.56 Å². The van der Waals surface area contributed by atoms with Crippen molar-refractivity contribution in [2.45, 2.75) is 12.6 Å². The molecule has 0 spiro atoms. The summed E-state index contributed by atoms with van der Waals surface area (Å²) in [5, 5.41) is 30.4. The molecule has 1 fully saturated rings. The van der Waals surface area contributed by atoms with E-state index in [9.17, 15) is 9.90 Å². The Balaban J connectivity index is 2.05. The highest BCUT2D eigenvalue weighted by molar-refractivity contribution is 6.17. The molecular weight excluding hydrogens is 316 g/mol. The van der Waals surface area contributed by atoms with E-state index in [1.54, 1.807) is 0 Å². The predicted molar refractivity (Wildman–Crippen MR) is 74.1 cm³/mol. The molecule has 1 aliphatic rings. The van der Waals surface area contributed by atoms with Gasteiger partial charge in [0.15, 0.2) is 5.69 Å². The van der Waals surface area contributed by atoms with E-state index in [1.165, 1.54) is 6.07 Å². The van der Waals surface area contributed by atoms with E-state index in [2.05, 4.69) is 19.9 Å². The van der Waals surface area contributed by atoms with Crippen LogP contribution in [0.15, 0.2) is 31.7 Å². The zero-order valence-corrected chi connectivity index (χ0v) is 11.9. The number of halogens is 1. The summed E-state index contributed by atoms with van der Waals surface area (Å²) < 4.78 is 10.7. The SMILES string of the molecule is O=c1cc(C2CO2)c(N=Nc2cc(O)on2)c(O)n1CCCl. The first-order valence-corrected chi connectivity index (χ1v) is 6.85. The molecular formula is C12H11ClN4O5. The number of epoxide rings is 1. The Bertz CT molecular complexity index is 780. The number of pyridine rings is 1. The summed E-state index contributed by atoms with van der Waals surface area (Å²) in [6.45, 7) is 0.566. The highest BCUT2D eigenvalue weighted by Gasteiger charge is 2.31. The van der Waals surface area contributed by atoms with Crippen LogP contribution >= 0.6 is 11.6 Å². The van der Waals surface area contributed by atoms with Crippen LogP contribution in [0, 0.1) is 0 Å². The third-order valence-corrected chi connectivity index (χ3v) is 3.18. The van der Waals surface area contributed by atoms with Crippen molar-refractivity contribution >= 4 is 23.1 Å². The maximum absolute atomic E-state index is 12.0. The molecule has 0 aromatic carbocycles. The lowest BCUT2D eigenvalue weighted by atomic mass is 10.1. The first kappa shape index (κ1) is 14.5. The predicted octanol–water partition coefficient (Wildman–Crippen LogP) is 1.97. The molecule has 9 nitrogen and oxygen atoms in total. The molecule has 10 heteroatoms. The first-order valence-electron chi connectivity index (χ1n) is 6.32. The number of hydrogen-bond donors (Lipinski definition) is 2. The molecule has 116 valence electrons. The van der Waals surface area contributed by atoms with Gasteiger partial charge < -0.3 is 19.5 Å². The van der Waals surface area contributed by atoms with Crippen LogP contribution in [0.25, 0.3) is 0 Å². The zero-order valence-electron chi connectivity index (χ0n) is 11.1. The number of rotatable bonds is 5. The number of aromatic nitrogens is 2. The Hall–Kier alpha value is -2.39. The Morgan fingerprint density at radius 1 is 1.41 bits per heavy atom. The van der Waals surface area contributed by atoms with Crippen LogP contribution in [-0.2, 0) is 11.3 Å². The van der Waals surface area contributed by atoms with Crippen LogP contribution in [-0.4, -0.2) is 32.4 Å². The molecule has 0 bridgehead atoms. The van der Waals surface area contributed by atoms with Crippen molar-refractivity contribution in [2.75, 3.05) is 12.5 Å². The van der Waals surface area contributed by atoms with Gasteiger partial charge in [-0.15, -0.1) is 21.8 Å². The zero-order chi connectivity index (χ0) is 15.7. The quantitative estimate of drug-likeness (QED) is 0.491. The topological polar surface area (TPSA) is 126 Å². The minimum absolute atomic E-state index is 0.0228. The maximum atomic E-state index is 12.0. The van der Waals surface area contributed by atoms with Gasteiger partial charge in [0.1, 0.15) is 6.10 Å². The molecule has 0 aliphatic carbocycles. The minimum Gasteiger partial charge on any atom is -0.493 e. The fraction of sp³-hybridized carbons (Fsp3) is 0.333. The van der Waals surface area contributed by atoms with E-state index in [1.807, 2.05) is 0 Å². The molecule has 1 saturated heterocycles. The minimum atomic E-state index is -0.406. The van der Waals surface area contributed by atoms with Gasteiger partial charge >= 0.3 is 5.95 Å². The fourth-order valence-corrected chi connectivity index (χ4v) is 2.09. The van der Waals surface area contributed by atoms with Crippen LogP contribution in [0.2, 0.25) is 0 Å². The second kappa shape index (κ2) is 5.78. The van der Waals surface area contributed by atoms with Gasteiger partial charge in [-0.2, -0.15) is 0 Å². The Morgan fingerprint density at radius 2 is 2.18 bits per heavy atom. The van der Waals surface area contributed by atoms with Gasteiger partial charge in [0.2, 0.25) is 11.7 Å². The van der Waals surface area contributed by atoms with Crippen molar-refractivity contribution in [3.8, 4) is 11.8 Å². The number of aromatic hydroxyl groups is 2. The van der Waals surface area contributed by atoms with Gasteiger partial charge in [-0.05, 0) is 0 Å². The second-order valence-electron chi connectivity index (χ2n) is 4.50. The largest absolute Gasteiger partial charge is 0.493 e. The van der Waals surface area contributed by atoms with Crippen LogP contribution in [0.1, 0.15) is 11.7 Å². The van der Waals surface area contributed by atoms with E-state index in [-0.39, 0.29) is 35.9 Å². The summed E-state index contributed by atoms with van der Waals surface area (Å²) in [6.07, 6.45) is -0.302. The summed E-state index contributed by atoms with van der Waals surface area (Å²) in [5.74, 6) is -0.582. The number of ether oxygens (including phenoxy) is 1. The van der Waals surface area contributed by atoms with E-state index in [0.29, 0.717) is 12.2 Å². The van der Waals surface area contributed by atoms with Crippen LogP contribution in [0.4, 0.5) is 11.5 Å². The average molecular weight is 327 g/mol. The van der Waals surface area contributed by atoms with Gasteiger partial charge in [0.05, 0.1) is 12.7 Å². The summed E-state index contributed by atoms with van der Waals surface area (Å²) >= 11 is 5.62. The maximum Gasteiger partial charge on any atom is 0.311 e. The van der Waals surface area contributed by atoms with Crippen molar-refractivity contribution in [2.24, 2.45) is 10.2 Å². The smallest absolute Gasteiger partial charge is 0.311 e. The number of nitrogens with zero attached hydrogens (tertiary/aromatic N) is 4.